The summed E-state index contributed by atoms with van der Waals surface area (Å²) in [6.45, 7) is 9.68. The minimum absolute atomic E-state index is 0.0916. The molecule has 108 valence electrons. The number of hydrogen-bond donors (Lipinski definition) is 0. The van der Waals surface area contributed by atoms with Crippen LogP contribution in [-0.4, -0.2) is 50.0 Å². The van der Waals surface area contributed by atoms with Crippen LogP contribution in [-0.2, 0) is 9.47 Å². The van der Waals surface area contributed by atoms with Crippen LogP contribution in [0.25, 0.3) is 0 Å². The minimum Gasteiger partial charge on any atom is -0.377 e. The number of morpholine rings is 1. The van der Waals surface area contributed by atoms with Crippen molar-refractivity contribution >= 4 is 0 Å². The van der Waals surface area contributed by atoms with Gasteiger partial charge in [-0.05, 0) is 31.6 Å². The molecule has 0 radical (unpaired) electrons. The van der Waals surface area contributed by atoms with Crippen molar-refractivity contribution in [1.29, 1.82) is 0 Å². The molecule has 3 fully saturated rings. The van der Waals surface area contributed by atoms with Crippen LogP contribution in [0.3, 0.4) is 0 Å². The average Bonchev–Trinajstić information content (AvgIpc) is 3.14. The number of hydrogen-bond acceptors (Lipinski definition) is 3. The van der Waals surface area contributed by atoms with E-state index in [1.807, 2.05) is 6.08 Å². The molecule has 1 aliphatic heterocycles. The molecule has 3 rings (SSSR count). The highest BCUT2D eigenvalue weighted by Crippen LogP contribution is 2.42. The smallest absolute Gasteiger partial charge is 0.0859 e. The lowest BCUT2D eigenvalue weighted by atomic mass is 9.89. The van der Waals surface area contributed by atoms with Gasteiger partial charge in [-0.3, -0.25) is 4.90 Å². The second kappa shape index (κ2) is 5.94. The summed E-state index contributed by atoms with van der Waals surface area (Å²) in [5.74, 6) is 1.56. The molecule has 1 heterocycles. The lowest BCUT2D eigenvalue weighted by Crippen LogP contribution is -2.55. The summed E-state index contributed by atoms with van der Waals surface area (Å²) >= 11 is 0. The predicted octanol–water partition coefficient (Wildman–Crippen LogP) is 2.47. The van der Waals surface area contributed by atoms with Gasteiger partial charge in [0.1, 0.15) is 0 Å². The maximum atomic E-state index is 6.25. The van der Waals surface area contributed by atoms with Gasteiger partial charge in [0.25, 0.3) is 0 Å². The largest absolute Gasteiger partial charge is 0.377 e. The van der Waals surface area contributed by atoms with Gasteiger partial charge in [0.05, 0.1) is 25.4 Å². The van der Waals surface area contributed by atoms with Gasteiger partial charge in [-0.1, -0.05) is 12.5 Å². The minimum atomic E-state index is 0.0916. The summed E-state index contributed by atoms with van der Waals surface area (Å²) in [6, 6.07) is 0. The fourth-order valence-corrected chi connectivity index (χ4v) is 3.74. The Hall–Kier alpha value is -0.380. The third-order valence-corrected chi connectivity index (χ3v) is 4.95. The number of nitrogens with zero attached hydrogens (tertiary/aromatic N) is 1. The highest BCUT2D eigenvalue weighted by Gasteiger charge is 2.47. The molecule has 2 aliphatic carbocycles. The maximum Gasteiger partial charge on any atom is 0.0859 e. The molecule has 0 aromatic carbocycles. The lowest BCUT2D eigenvalue weighted by Gasteiger charge is -2.44. The third kappa shape index (κ3) is 3.21. The Kier molecular flexibility index (Phi) is 4.25. The summed E-state index contributed by atoms with van der Waals surface area (Å²) in [7, 11) is 0. The standard InChI is InChI=1S/C16H27NO2/c1-2-9-18-12-15-4-3-7-16(15)13-17(8-10-19-16)11-14-5-6-14/h2,14-15H,1,3-13H2/t15-,16+/m0/s1. The van der Waals surface area contributed by atoms with Gasteiger partial charge in [0.2, 0.25) is 0 Å². The molecular weight excluding hydrogens is 238 g/mol. The maximum absolute atomic E-state index is 6.25. The fraction of sp³-hybridized carbons (Fsp3) is 0.875. The molecule has 0 amide bonds. The third-order valence-electron chi connectivity index (χ3n) is 4.95. The second-order valence-corrected chi connectivity index (χ2v) is 6.51. The first kappa shape index (κ1) is 13.6. The Balaban J connectivity index is 1.57. The normalized spacial score (nSPS) is 35.9. The zero-order valence-corrected chi connectivity index (χ0v) is 12.0. The van der Waals surface area contributed by atoms with Gasteiger partial charge in [-0.25, -0.2) is 0 Å². The molecule has 0 bridgehead atoms. The van der Waals surface area contributed by atoms with Crippen LogP contribution in [0, 0.1) is 11.8 Å². The summed E-state index contributed by atoms with van der Waals surface area (Å²) < 4.78 is 12.0. The van der Waals surface area contributed by atoms with Crippen molar-refractivity contribution in [3.8, 4) is 0 Å². The zero-order valence-electron chi connectivity index (χ0n) is 12.0. The molecule has 0 aromatic heterocycles. The topological polar surface area (TPSA) is 21.7 Å². The fourth-order valence-electron chi connectivity index (χ4n) is 3.74. The Morgan fingerprint density at radius 2 is 2.26 bits per heavy atom. The summed E-state index contributed by atoms with van der Waals surface area (Å²) in [6.07, 6.45) is 8.49. The molecule has 2 saturated carbocycles. The van der Waals surface area contributed by atoms with Crippen LogP contribution >= 0.6 is 0 Å². The Bertz CT molecular complexity index is 316. The van der Waals surface area contributed by atoms with Crippen LogP contribution < -0.4 is 0 Å². The molecule has 0 unspecified atom stereocenters. The van der Waals surface area contributed by atoms with Gasteiger partial charge in [0.15, 0.2) is 0 Å². The monoisotopic (exact) mass is 265 g/mol. The average molecular weight is 265 g/mol. The molecule has 0 aromatic rings. The molecule has 1 spiro atoms. The van der Waals surface area contributed by atoms with Gasteiger partial charge in [-0.2, -0.15) is 0 Å². The lowest BCUT2D eigenvalue weighted by molar-refractivity contribution is -0.141. The van der Waals surface area contributed by atoms with E-state index < -0.39 is 0 Å². The van der Waals surface area contributed by atoms with Crippen molar-refractivity contribution in [2.24, 2.45) is 11.8 Å². The molecule has 3 heteroatoms. The Morgan fingerprint density at radius 1 is 1.37 bits per heavy atom. The van der Waals surface area contributed by atoms with Crippen LogP contribution in [0.15, 0.2) is 12.7 Å². The van der Waals surface area contributed by atoms with E-state index in [1.165, 1.54) is 38.6 Å². The van der Waals surface area contributed by atoms with Gasteiger partial charge >= 0.3 is 0 Å². The van der Waals surface area contributed by atoms with Crippen LogP contribution in [0.1, 0.15) is 32.1 Å². The van der Waals surface area contributed by atoms with Crippen molar-refractivity contribution in [3.05, 3.63) is 12.7 Å². The van der Waals surface area contributed by atoms with E-state index in [4.69, 9.17) is 9.47 Å². The van der Waals surface area contributed by atoms with E-state index in [0.29, 0.717) is 12.5 Å². The van der Waals surface area contributed by atoms with E-state index in [2.05, 4.69) is 11.5 Å². The Morgan fingerprint density at radius 3 is 3.05 bits per heavy atom. The second-order valence-electron chi connectivity index (χ2n) is 6.51. The number of ether oxygens (including phenoxy) is 2. The van der Waals surface area contributed by atoms with Crippen molar-refractivity contribution in [2.75, 3.05) is 39.5 Å². The first-order chi connectivity index (χ1) is 9.32. The van der Waals surface area contributed by atoms with Crippen LogP contribution in [0.4, 0.5) is 0 Å². The highest BCUT2D eigenvalue weighted by atomic mass is 16.5. The van der Waals surface area contributed by atoms with E-state index in [1.54, 1.807) is 0 Å². The Labute approximate surface area is 116 Å². The predicted molar refractivity (Wildman–Crippen MR) is 76.2 cm³/mol. The highest BCUT2D eigenvalue weighted by molar-refractivity contribution is 4.99. The van der Waals surface area contributed by atoms with Crippen molar-refractivity contribution < 1.29 is 9.47 Å². The van der Waals surface area contributed by atoms with Gasteiger partial charge in [0, 0.05) is 25.6 Å². The number of rotatable bonds is 6. The quantitative estimate of drug-likeness (QED) is 0.544. The van der Waals surface area contributed by atoms with E-state index in [-0.39, 0.29) is 5.60 Å². The molecule has 3 aliphatic rings. The zero-order chi connectivity index (χ0) is 13.1. The van der Waals surface area contributed by atoms with E-state index in [0.717, 1.165) is 32.2 Å². The van der Waals surface area contributed by atoms with Crippen LogP contribution in [0.5, 0.6) is 0 Å². The SMILES string of the molecule is C=CCOC[C@@H]1CCC[C@@]12CN(CC1CC1)CCO2. The van der Waals surface area contributed by atoms with E-state index >= 15 is 0 Å². The van der Waals surface area contributed by atoms with E-state index in [9.17, 15) is 0 Å². The molecular formula is C16H27NO2. The summed E-state index contributed by atoms with van der Waals surface area (Å²) in [4.78, 5) is 2.65. The molecule has 0 N–H and O–H groups in total. The molecule has 3 nitrogen and oxygen atoms in total. The molecule has 1 saturated heterocycles. The van der Waals surface area contributed by atoms with Crippen LogP contribution in [0.2, 0.25) is 0 Å². The van der Waals surface area contributed by atoms with Gasteiger partial charge < -0.3 is 9.47 Å². The summed E-state index contributed by atoms with van der Waals surface area (Å²) in [5.41, 5.74) is 0.0916. The molecule has 19 heavy (non-hydrogen) atoms. The van der Waals surface area contributed by atoms with Crippen molar-refractivity contribution in [3.63, 3.8) is 0 Å². The molecule has 2 atom stereocenters. The van der Waals surface area contributed by atoms with Gasteiger partial charge in [-0.15, -0.1) is 6.58 Å². The first-order valence-corrected chi connectivity index (χ1v) is 7.87. The van der Waals surface area contributed by atoms with Crippen molar-refractivity contribution in [1.82, 2.24) is 4.90 Å². The van der Waals surface area contributed by atoms with Crippen molar-refractivity contribution in [2.45, 2.75) is 37.7 Å². The first-order valence-electron chi connectivity index (χ1n) is 7.87. The summed E-state index contributed by atoms with van der Waals surface area (Å²) in [5, 5.41) is 0.